The van der Waals surface area contributed by atoms with Gasteiger partial charge >= 0.3 is 0 Å². The van der Waals surface area contributed by atoms with E-state index < -0.39 is 0 Å². The van der Waals surface area contributed by atoms with E-state index in [0.717, 1.165) is 37.9 Å². The Kier molecular flexibility index (Phi) is 4.44. The van der Waals surface area contributed by atoms with Gasteiger partial charge in [-0.1, -0.05) is 15.9 Å². The molecule has 1 aromatic rings. The highest BCUT2D eigenvalue weighted by Gasteiger charge is 2.32. The van der Waals surface area contributed by atoms with E-state index >= 15 is 0 Å². The summed E-state index contributed by atoms with van der Waals surface area (Å²) in [5.41, 5.74) is 0.183. The molecule has 0 amide bonds. The summed E-state index contributed by atoms with van der Waals surface area (Å²) >= 11 is 6.87. The third-order valence-electron chi connectivity index (χ3n) is 3.32. The van der Waals surface area contributed by atoms with Gasteiger partial charge in [-0.15, -0.1) is 0 Å². The topological polar surface area (TPSA) is 31.2 Å². The number of nitrogens with zero attached hydrogens (tertiary/aromatic N) is 1. The molecule has 0 bridgehead atoms. The van der Waals surface area contributed by atoms with Crippen molar-refractivity contribution in [2.45, 2.75) is 19.4 Å². The molecule has 0 aliphatic carbocycles. The standard InChI is InChI=1S/C12H15Br2NO2/c13-8-12(3-6-17-7-4-12)9-15-5-1-2-10(14)11(15)16/h1-2,5H,3-4,6-9H2. The molecular formula is C12H15Br2NO2. The molecule has 1 fully saturated rings. The van der Waals surface area contributed by atoms with Gasteiger partial charge in [0.1, 0.15) is 0 Å². The molecule has 1 aromatic heterocycles. The molecule has 1 saturated heterocycles. The van der Waals surface area contributed by atoms with E-state index in [2.05, 4.69) is 31.9 Å². The third-order valence-corrected chi connectivity index (χ3v) is 5.11. The van der Waals surface area contributed by atoms with Crippen molar-refractivity contribution in [3.8, 4) is 0 Å². The van der Waals surface area contributed by atoms with Gasteiger partial charge in [-0.2, -0.15) is 0 Å². The molecule has 0 N–H and O–H groups in total. The van der Waals surface area contributed by atoms with Crippen LogP contribution in [0.3, 0.4) is 0 Å². The first-order valence-corrected chi connectivity index (χ1v) is 7.57. The zero-order valence-electron chi connectivity index (χ0n) is 9.49. The first-order valence-electron chi connectivity index (χ1n) is 5.66. The van der Waals surface area contributed by atoms with Crippen molar-refractivity contribution in [2.24, 2.45) is 5.41 Å². The monoisotopic (exact) mass is 363 g/mol. The van der Waals surface area contributed by atoms with E-state index in [4.69, 9.17) is 4.74 Å². The molecule has 0 aromatic carbocycles. The average Bonchev–Trinajstić information content (AvgIpc) is 2.36. The highest BCUT2D eigenvalue weighted by Crippen LogP contribution is 2.34. The average molecular weight is 365 g/mol. The number of pyridine rings is 1. The summed E-state index contributed by atoms with van der Waals surface area (Å²) < 4.78 is 7.81. The van der Waals surface area contributed by atoms with E-state index in [1.165, 1.54) is 0 Å². The van der Waals surface area contributed by atoms with Crippen LogP contribution in [0.15, 0.2) is 27.6 Å². The first kappa shape index (κ1) is 13.3. The van der Waals surface area contributed by atoms with E-state index in [0.29, 0.717) is 4.47 Å². The van der Waals surface area contributed by atoms with Gasteiger partial charge < -0.3 is 9.30 Å². The zero-order chi connectivity index (χ0) is 12.3. The molecule has 1 aliphatic heterocycles. The third kappa shape index (κ3) is 3.01. The Morgan fingerprint density at radius 3 is 2.76 bits per heavy atom. The second-order valence-corrected chi connectivity index (χ2v) is 5.95. The van der Waals surface area contributed by atoms with Gasteiger partial charge in [0.25, 0.3) is 5.56 Å². The van der Waals surface area contributed by atoms with Crippen molar-refractivity contribution < 1.29 is 4.74 Å². The summed E-state index contributed by atoms with van der Waals surface area (Å²) in [6, 6.07) is 3.68. The molecule has 0 atom stereocenters. The van der Waals surface area contributed by atoms with Crippen LogP contribution in [0.25, 0.3) is 0 Å². The fourth-order valence-corrected chi connectivity index (χ4v) is 3.25. The molecule has 94 valence electrons. The number of alkyl halides is 1. The highest BCUT2D eigenvalue weighted by atomic mass is 79.9. The Balaban J connectivity index is 2.23. The van der Waals surface area contributed by atoms with Gasteiger partial charge in [-0.25, -0.2) is 0 Å². The van der Waals surface area contributed by atoms with Gasteiger partial charge in [-0.3, -0.25) is 4.79 Å². The van der Waals surface area contributed by atoms with Crippen LogP contribution in [0.4, 0.5) is 0 Å². The Labute approximate surface area is 117 Å². The lowest BCUT2D eigenvalue weighted by Gasteiger charge is -2.36. The minimum absolute atomic E-state index is 0.0410. The summed E-state index contributed by atoms with van der Waals surface area (Å²) in [6.07, 6.45) is 3.85. The van der Waals surface area contributed by atoms with E-state index in [1.54, 1.807) is 10.6 Å². The van der Waals surface area contributed by atoms with Crippen LogP contribution in [0.1, 0.15) is 12.8 Å². The quantitative estimate of drug-likeness (QED) is 0.772. The molecule has 0 unspecified atom stereocenters. The second kappa shape index (κ2) is 5.67. The largest absolute Gasteiger partial charge is 0.381 e. The lowest BCUT2D eigenvalue weighted by molar-refractivity contribution is 0.0181. The van der Waals surface area contributed by atoms with Gasteiger partial charge in [0.15, 0.2) is 0 Å². The maximum Gasteiger partial charge on any atom is 0.264 e. The fraction of sp³-hybridized carbons (Fsp3) is 0.583. The predicted molar refractivity (Wildman–Crippen MR) is 74.7 cm³/mol. The molecule has 1 aliphatic rings. The van der Waals surface area contributed by atoms with Gasteiger partial charge in [0.2, 0.25) is 0 Å². The number of hydrogen-bond acceptors (Lipinski definition) is 2. The SMILES string of the molecule is O=c1c(Br)cccn1CC1(CBr)CCOCC1. The summed E-state index contributed by atoms with van der Waals surface area (Å²) in [7, 11) is 0. The van der Waals surface area contributed by atoms with Crippen molar-refractivity contribution in [1.82, 2.24) is 4.57 Å². The molecule has 0 radical (unpaired) electrons. The van der Waals surface area contributed by atoms with E-state index in [9.17, 15) is 4.79 Å². The number of hydrogen-bond donors (Lipinski definition) is 0. The van der Waals surface area contributed by atoms with Crippen LogP contribution in [0, 0.1) is 5.41 Å². The van der Waals surface area contributed by atoms with Crippen LogP contribution in [0.2, 0.25) is 0 Å². The van der Waals surface area contributed by atoms with Crippen LogP contribution in [-0.4, -0.2) is 23.1 Å². The summed E-state index contributed by atoms with van der Waals surface area (Å²) in [6.45, 7) is 2.32. The van der Waals surface area contributed by atoms with Crippen molar-refractivity contribution >= 4 is 31.9 Å². The van der Waals surface area contributed by atoms with Crippen molar-refractivity contribution in [3.05, 3.63) is 33.2 Å². The Bertz CT molecular complexity index is 438. The van der Waals surface area contributed by atoms with Crippen LogP contribution in [0.5, 0.6) is 0 Å². The van der Waals surface area contributed by atoms with Gasteiger partial charge in [0.05, 0.1) is 4.47 Å². The molecule has 2 rings (SSSR count). The molecule has 17 heavy (non-hydrogen) atoms. The lowest BCUT2D eigenvalue weighted by atomic mass is 9.82. The van der Waals surface area contributed by atoms with E-state index in [1.807, 2.05) is 12.3 Å². The van der Waals surface area contributed by atoms with E-state index in [-0.39, 0.29) is 11.0 Å². The van der Waals surface area contributed by atoms with Gasteiger partial charge in [-0.05, 0) is 40.9 Å². The fourth-order valence-electron chi connectivity index (χ4n) is 2.13. The summed E-state index contributed by atoms with van der Waals surface area (Å²) in [5, 5.41) is 0.905. The maximum absolute atomic E-state index is 12.0. The molecule has 0 saturated carbocycles. The minimum atomic E-state index is 0.0410. The smallest absolute Gasteiger partial charge is 0.264 e. The minimum Gasteiger partial charge on any atom is -0.381 e. The summed E-state index contributed by atoms with van der Waals surface area (Å²) in [5.74, 6) is 0. The molecule has 3 nitrogen and oxygen atoms in total. The van der Waals surface area contributed by atoms with Gasteiger partial charge in [0, 0.05) is 36.7 Å². The van der Waals surface area contributed by atoms with Crippen molar-refractivity contribution in [3.63, 3.8) is 0 Å². The second-order valence-electron chi connectivity index (χ2n) is 4.54. The normalized spacial score (nSPS) is 19.2. The molecule has 0 spiro atoms. The van der Waals surface area contributed by atoms with Crippen LogP contribution in [-0.2, 0) is 11.3 Å². The predicted octanol–water partition coefficient (Wildman–Crippen LogP) is 2.80. The van der Waals surface area contributed by atoms with Crippen molar-refractivity contribution in [2.75, 3.05) is 18.5 Å². The lowest BCUT2D eigenvalue weighted by Crippen LogP contribution is -2.38. The maximum atomic E-state index is 12.0. The highest BCUT2D eigenvalue weighted by molar-refractivity contribution is 9.10. The number of rotatable bonds is 3. The molecule has 5 heteroatoms. The Hall–Kier alpha value is -0.130. The van der Waals surface area contributed by atoms with Crippen LogP contribution < -0.4 is 5.56 Å². The summed E-state index contributed by atoms with van der Waals surface area (Å²) in [4.78, 5) is 12.0. The zero-order valence-corrected chi connectivity index (χ0v) is 12.7. The number of aromatic nitrogens is 1. The number of ether oxygens (including phenoxy) is 1. The van der Waals surface area contributed by atoms with Crippen LogP contribution >= 0.6 is 31.9 Å². The number of halogens is 2. The Morgan fingerprint density at radius 2 is 2.12 bits per heavy atom. The molecular weight excluding hydrogens is 350 g/mol. The Morgan fingerprint density at radius 1 is 1.41 bits per heavy atom. The molecule has 2 heterocycles. The first-order chi connectivity index (χ1) is 8.17. The van der Waals surface area contributed by atoms with Crippen molar-refractivity contribution in [1.29, 1.82) is 0 Å².